The van der Waals surface area contributed by atoms with E-state index in [0.29, 0.717) is 12.5 Å². The van der Waals surface area contributed by atoms with Crippen LogP contribution in [-0.2, 0) is 4.79 Å². The standard InChI is InChI=1S/C12H19N5O3/c1-7(2)6-17-8-9(14-11(17)13-4-5-18)16(3)12(20)15-10(8)19/h8-9,18H,1,4-6H2,2-3H3,(H,13,14)(H,15,19,20). The molecule has 0 aromatic rings. The number of carbonyl (C=O) groups excluding carboxylic acids is 2. The van der Waals surface area contributed by atoms with Crippen LogP contribution in [0.25, 0.3) is 0 Å². The Kier molecular flexibility index (Phi) is 3.93. The molecule has 0 aromatic carbocycles. The number of aliphatic imine (C=N–C) groups is 1. The fourth-order valence-electron chi connectivity index (χ4n) is 2.34. The highest BCUT2D eigenvalue weighted by atomic mass is 16.3. The number of carbonyl (C=O) groups is 2. The summed E-state index contributed by atoms with van der Waals surface area (Å²) in [5.41, 5.74) is 0.872. The van der Waals surface area contributed by atoms with E-state index in [1.165, 1.54) is 4.90 Å². The first-order chi connectivity index (χ1) is 9.45. The average molecular weight is 281 g/mol. The van der Waals surface area contributed by atoms with Gasteiger partial charge in [-0.15, -0.1) is 0 Å². The summed E-state index contributed by atoms with van der Waals surface area (Å²) in [7, 11) is 1.61. The van der Waals surface area contributed by atoms with Crippen LogP contribution >= 0.6 is 0 Å². The molecule has 0 aliphatic carbocycles. The molecule has 2 rings (SSSR count). The second-order valence-electron chi connectivity index (χ2n) is 4.95. The first kappa shape index (κ1) is 14.3. The molecule has 2 fully saturated rings. The SMILES string of the molecule is C=C(C)CN1C(=NCCO)NC2C1C(=O)NC(=O)N2C. The molecule has 2 atom stereocenters. The van der Waals surface area contributed by atoms with E-state index in [4.69, 9.17) is 5.11 Å². The molecular formula is C12H19N5O3. The van der Waals surface area contributed by atoms with Gasteiger partial charge in [0.1, 0.15) is 6.17 Å². The molecule has 8 nitrogen and oxygen atoms in total. The number of aliphatic hydroxyl groups is 1. The Labute approximate surface area is 117 Å². The number of aliphatic hydroxyl groups excluding tert-OH is 1. The monoisotopic (exact) mass is 281 g/mol. The van der Waals surface area contributed by atoms with E-state index in [0.717, 1.165) is 5.57 Å². The predicted octanol–water partition coefficient (Wildman–Crippen LogP) is -1.31. The molecule has 2 unspecified atom stereocenters. The maximum absolute atomic E-state index is 12.1. The molecule has 3 N–H and O–H groups in total. The first-order valence-corrected chi connectivity index (χ1v) is 6.36. The van der Waals surface area contributed by atoms with E-state index in [1.54, 1.807) is 11.9 Å². The van der Waals surface area contributed by atoms with Crippen molar-refractivity contribution in [1.29, 1.82) is 0 Å². The molecule has 3 amide bonds. The molecule has 2 aliphatic heterocycles. The zero-order valence-electron chi connectivity index (χ0n) is 11.6. The van der Waals surface area contributed by atoms with Gasteiger partial charge in [0.25, 0.3) is 5.91 Å². The van der Waals surface area contributed by atoms with Crippen LogP contribution in [0.3, 0.4) is 0 Å². The number of hydrogen-bond acceptors (Lipinski definition) is 4. The van der Waals surface area contributed by atoms with Crippen molar-refractivity contribution in [2.45, 2.75) is 19.1 Å². The van der Waals surface area contributed by atoms with Crippen molar-refractivity contribution in [3.8, 4) is 0 Å². The fraction of sp³-hybridized carbons (Fsp3) is 0.583. The first-order valence-electron chi connectivity index (χ1n) is 6.36. The quantitative estimate of drug-likeness (QED) is 0.556. The van der Waals surface area contributed by atoms with Gasteiger partial charge >= 0.3 is 6.03 Å². The highest BCUT2D eigenvalue weighted by Gasteiger charge is 2.49. The van der Waals surface area contributed by atoms with Gasteiger partial charge in [-0.05, 0) is 6.92 Å². The Hall–Kier alpha value is -2.09. The van der Waals surface area contributed by atoms with E-state index in [2.05, 4.69) is 22.2 Å². The number of likely N-dealkylation sites (N-methyl/N-ethyl adjacent to an activating group) is 1. The lowest BCUT2D eigenvalue weighted by molar-refractivity contribution is -0.126. The summed E-state index contributed by atoms with van der Waals surface area (Å²) < 4.78 is 0. The maximum Gasteiger partial charge on any atom is 0.325 e. The van der Waals surface area contributed by atoms with Crippen molar-refractivity contribution in [3.05, 3.63) is 12.2 Å². The van der Waals surface area contributed by atoms with Crippen LogP contribution in [0.4, 0.5) is 4.79 Å². The van der Waals surface area contributed by atoms with Gasteiger partial charge in [0, 0.05) is 13.6 Å². The number of nitrogens with one attached hydrogen (secondary N) is 2. The third-order valence-corrected chi connectivity index (χ3v) is 3.22. The second-order valence-corrected chi connectivity index (χ2v) is 4.95. The Balaban J connectivity index is 2.31. The number of amides is 3. The molecule has 0 aromatic heterocycles. The van der Waals surface area contributed by atoms with E-state index in [9.17, 15) is 9.59 Å². The normalized spacial score (nSPS) is 27.4. The summed E-state index contributed by atoms with van der Waals surface area (Å²) in [6.45, 7) is 6.30. The third kappa shape index (κ3) is 2.46. The number of rotatable bonds is 4. The summed E-state index contributed by atoms with van der Waals surface area (Å²) >= 11 is 0. The molecule has 0 spiro atoms. The molecule has 20 heavy (non-hydrogen) atoms. The summed E-state index contributed by atoms with van der Waals surface area (Å²) in [5, 5.41) is 14.3. The predicted molar refractivity (Wildman–Crippen MR) is 72.9 cm³/mol. The van der Waals surface area contributed by atoms with E-state index < -0.39 is 18.2 Å². The topological polar surface area (TPSA) is 97.3 Å². The molecule has 2 saturated heterocycles. The molecule has 110 valence electrons. The molecular weight excluding hydrogens is 262 g/mol. The van der Waals surface area contributed by atoms with Gasteiger partial charge in [-0.2, -0.15) is 0 Å². The maximum atomic E-state index is 12.1. The van der Waals surface area contributed by atoms with Crippen LogP contribution in [0.15, 0.2) is 17.1 Å². The highest BCUT2D eigenvalue weighted by molar-refractivity contribution is 6.04. The van der Waals surface area contributed by atoms with Gasteiger partial charge in [0.2, 0.25) is 0 Å². The highest BCUT2D eigenvalue weighted by Crippen LogP contribution is 2.21. The molecule has 0 radical (unpaired) electrons. The fourth-order valence-corrected chi connectivity index (χ4v) is 2.34. The molecule has 0 saturated carbocycles. The van der Waals surface area contributed by atoms with Gasteiger partial charge < -0.3 is 20.2 Å². The Morgan fingerprint density at radius 1 is 1.50 bits per heavy atom. The minimum Gasteiger partial charge on any atom is -0.394 e. The molecule has 2 aliphatic rings. The van der Waals surface area contributed by atoms with Crippen molar-refractivity contribution in [3.63, 3.8) is 0 Å². The lowest BCUT2D eigenvalue weighted by atomic mass is 10.1. The summed E-state index contributed by atoms with van der Waals surface area (Å²) in [6, 6.07) is -0.991. The van der Waals surface area contributed by atoms with E-state index >= 15 is 0 Å². The Bertz CT molecular complexity index is 476. The number of urea groups is 1. The summed E-state index contributed by atoms with van der Waals surface area (Å²) in [5.74, 6) is 0.134. The van der Waals surface area contributed by atoms with Gasteiger partial charge in [-0.25, -0.2) is 4.79 Å². The van der Waals surface area contributed by atoms with Crippen molar-refractivity contribution < 1.29 is 14.7 Å². The van der Waals surface area contributed by atoms with E-state index in [1.807, 2.05) is 6.92 Å². The number of nitrogens with zero attached hydrogens (tertiary/aromatic N) is 3. The third-order valence-electron chi connectivity index (χ3n) is 3.22. The van der Waals surface area contributed by atoms with Crippen LogP contribution in [0.2, 0.25) is 0 Å². The van der Waals surface area contributed by atoms with E-state index in [-0.39, 0.29) is 19.1 Å². The average Bonchev–Trinajstić information content (AvgIpc) is 2.72. The summed E-state index contributed by atoms with van der Waals surface area (Å²) in [4.78, 5) is 31.1. The summed E-state index contributed by atoms with van der Waals surface area (Å²) in [6.07, 6.45) is -0.465. The number of hydrogen-bond donors (Lipinski definition) is 3. The zero-order valence-corrected chi connectivity index (χ0v) is 11.6. The van der Waals surface area contributed by atoms with Crippen LogP contribution in [0.1, 0.15) is 6.92 Å². The van der Waals surface area contributed by atoms with Crippen LogP contribution in [-0.4, -0.2) is 71.8 Å². The van der Waals surface area contributed by atoms with Gasteiger partial charge in [-0.1, -0.05) is 12.2 Å². The van der Waals surface area contributed by atoms with Crippen molar-refractivity contribution >= 4 is 17.9 Å². The molecule has 0 bridgehead atoms. The molecule has 8 heteroatoms. The van der Waals surface area contributed by atoms with Crippen molar-refractivity contribution in [2.24, 2.45) is 4.99 Å². The lowest BCUT2D eigenvalue weighted by Crippen LogP contribution is -2.64. The van der Waals surface area contributed by atoms with Crippen LogP contribution < -0.4 is 10.6 Å². The van der Waals surface area contributed by atoms with Gasteiger partial charge in [0.15, 0.2) is 12.0 Å². The second kappa shape index (κ2) is 5.49. The van der Waals surface area contributed by atoms with Crippen LogP contribution in [0, 0.1) is 0 Å². The van der Waals surface area contributed by atoms with Crippen LogP contribution in [0.5, 0.6) is 0 Å². The lowest BCUT2D eigenvalue weighted by Gasteiger charge is -2.35. The minimum atomic E-state index is -0.549. The minimum absolute atomic E-state index is 0.0810. The van der Waals surface area contributed by atoms with Crippen molar-refractivity contribution in [2.75, 3.05) is 26.7 Å². The zero-order chi connectivity index (χ0) is 14.9. The smallest absolute Gasteiger partial charge is 0.325 e. The number of imide groups is 1. The number of fused-ring (bicyclic) bond motifs is 1. The Morgan fingerprint density at radius 2 is 2.20 bits per heavy atom. The van der Waals surface area contributed by atoms with Crippen molar-refractivity contribution in [1.82, 2.24) is 20.4 Å². The number of guanidine groups is 1. The molecule has 2 heterocycles. The largest absolute Gasteiger partial charge is 0.394 e. The van der Waals surface area contributed by atoms with Gasteiger partial charge in [0.05, 0.1) is 13.2 Å². The Morgan fingerprint density at radius 3 is 2.80 bits per heavy atom. The van der Waals surface area contributed by atoms with Gasteiger partial charge in [-0.3, -0.25) is 15.1 Å².